The molecule has 0 N–H and O–H groups in total. The molecule has 0 fully saturated rings. The van der Waals surface area contributed by atoms with Crippen LogP contribution in [-0.4, -0.2) is 21.2 Å². The van der Waals surface area contributed by atoms with Crippen LogP contribution in [0.25, 0.3) is 11.5 Å². The Morgan fingerprint density at radius 1 is 1.21 bits per heavy atom. The Morgan fingerprint density at radius 3 is 2.62 bits per heavy atom. The molecular formula is C16H11ClFN3O3. The molecule has 3 aromatic rings. The number of esters is 1. The molecule has 0 saturated carbocycles. The zero-order valence-electron chi connectivity index (χ0n) is 12.4. The number of nitrogens with zero attached hydrogens (tertiary/aromatic N) is 3. The number of rotatable bonds is 4. The van der Waals surface area contributed by atoms with Crippen molar-refractivity contribution in [3.05, 3.63) is 65.0 Å². The van der Waals surface area contributed by atoms with E-state index in [1.54, 1.807) is 6.92 Å². The summed E-state index contributed by atoms with van der Waals surface area (Å²) in [4.78, 5) is 15.8. The van der Waals surface area contributed by atoms with Gasteiger partial charge in [0.05, 0.1) is 5.56 Å². The van der Waals surface area contributed by atoms with Gasteiger partial charge in [-0.25, -0.2) is 14.2 Å². The van der Waals surface area contributed by atoms with E-state index in [4.69, 9.17) is 20.8 Å². The number of pyridine rings is 1. The standard InChI is InChI=1S/C16H11ClFN3O3/c1-9(23-16(22)11-4-7-13(17)19-8-11)14-20-21-15(24-14)10-2-5-12(18)6-3-10/h2-9H,1H3/t9-/m0/s1. The highest BCUT2D eigenvalue weighted by Gasteiger charge is 2.20. The highest BCUT2D eigenvalue weighted by Crippen LogP contribution is 2.23. The molecule has 2 aromatic heterocycles. The van der Waals surface area contributed by atoms with Crippen LogP contribution >= 0.6 is 11.6 Å². The van der Waals surface area contributed by atoms with Crippen molar-refractivity contribution in [1.29, 1.82) is 0 Å². The van der Waals surface area contributed by atoms with Gasteiger partial charge in [-0.2, -0.15) is 0 Å². The van der Waals surface area contributed by atoms with E-state index in [0.29, 0.717) is 5.56 Å². The lowest BCUT2D eigenvalue weighted by atomic mass is 10.2. The number of benzene rings is 1. The van der Waals surface area contributed by atoms with Gasteiger partial charge in [-0.15, -0.1) is 10.2 Å². The van der Waals surface area contributed by atoms with Gasteiger partial charge in [-0.3, -0.25) is 0 Å². The van der Waals surface area contributed by atoms with Gasteiger partial charge >= 0.3 is 5.97 Å². The summed E-state index contributed by atoms with van der Waals surface area (Å²) in [5.74, 6) is -0.615. The number of carbonyl (C=O) groups is 1. The zero-order valence-corrected chi connectivity index (χ0v) is 13.2. The molecule has 24 heavy (non-hydrogen) atoms. The number of hydrogen-bond acceptors (Lipinski definition) is 6. The topological polar surface area (TPSA) is 78.1 Å². The summed E-state index contributed by atoms with van der Waals surface area (Å²) in [6.45, 7) is 1.60. The molecule has 0 amide bonds. The molecule has 0 radical (unpaired) electrons. The van der Waals surface area contributed by atoms with E-state index in [0.717, 1.165) is 0 Å². The normalized spacial score (nSPS) is 12.0. The van der Waals surface area contributed by atoms with Crippen LogP contribution in [0.3, 0.4) is 0 Å². The van der Waals surface area contributed by atoms with Crippen molar-refractivity contribution in [2.75, 3.05) is 0 Å². The molecule has 0 aliphatic rings. The highest BCUT2D eigenvalue weighted by molar-refractivity contribution is 6.29. The van der Waals surface area contributed by atoms with E-state index in [2.05, 4.69) is 15.2 Å². The van der Waals surface area contributed by atoms with Crippen molar-refractivity contribution in [2.24, 2.45) is 0 Å². The van der Waals surface area contributed by atoms with Crippen molar-refractivity contribution in [3.63, 3.8) is 0 Å². The first kappa shape index (κ1) is 16.1. The van der Waals surface area contributed by atoms with E-state index in [-0.39, 0.29) is 28.3 Å². The van der Waals surface area contributed by atoms with Crippen LogP contribution < -0.4 is 0 Å². The minimum absolute atomic E-state index is 0.129. The third-order valence-corrected chi connectivity index (χ3v) is 3.35. The third-order valence-electron chi connectivity index (χ3n) is 3.13. The molecule has 0 aliphatic carbocycles. The fraction of sp³-hybridized carbons (Fsp3) is 0.125. The summed E-state index contributed by atoms with van der Waals surface area (Å²) < 4.78 is 23.6. The SMILES string of the molecule is C[C@H](OC(=O)c1ccc(Cl)nc1)c1nnc(-c2ccc(F)cc2)o1. The molecule has 2 heterocycles. The highest BCUT2D eigenvalue weighted by atomic mass is 35.5. The molecule has 0 unspecified atom stereocenters. The molecule has 0 spiro atoms. The van der Waals surface area contributed by atoms with Crippen LogP contribution in [0.4, 0.5) is 4.39 Å². The summed E-state index contributed by atoms with van der Waals surface area (Å²) in [7, 11) is 0. The second kappa shape index (κ2) is 6.76. The lowest BCUT2D eigenvalue weighted by molar-refractivity contribution is 0.0279. The van der Waals surface area contributed by atoms with Crippen LogP contribution in [0.15, 0.2) is 47.0 Å². The maximum Gasteiger partial charge on any atom is 0.340 e. The zero-order chi connectivity index (χ0) is 17.1. The first-order valence-electron chi connectivity index (χ1n) is 6.95. The van der Waals surface area contributed by atoms with Crippen molar-refractivity contribution < 1.29 is 18.3 Å². The fourth-order valence-electron chi connectivity index (χ4n) is 1.88. The predicted octanol–water partition coefficient (Wildman–Crippen LogP) is 3.84. The Morgan fingerprint density at radius 2 is 1.96 bits per heavy atom. The fourth-order valence-corrected chi connectivity index (χ4v) is 2.00. The van der Waals surface area contributed by atoms with Crippen LogP contribution in [0.1, 0.15) is 29.3 Å². The van der Waals surface area contributed by atoms with Crippen molar-refractivity contribution in [2.45, 2.75) is 13.0 Å². The molecule has 0 aliphatic heterocycles. The van der Waals surface area contributed by atoms with Crippen LogP contribution in [0, 0.1) is 5.82 Å². The summed E-state index contributed by atoms with van der Waals surface area (Å²) in [6, 6.07) is 8.60. The minimum Gasteiger partial charge on any atom is -0.449 e. The molecule has 1 atom stereocenters. The second-order valence-electron chi connectivity index (χ2n) is 4.87. The minimum atomic E-state index is -0.755. The van der Waals surface area contributed by atoms with Crippen molar-refractivity contribution in [1.82, 2.24) is 15.2 Å². The molecule has 8 heteroatoms. The number of halogens is 2. The van der Waals surface area contributed by atoms with Gasteiger partial charge in [0.1, 0.15) is 11.0 Å². The van der Waals surface area contributed by atoms with Crippen molar-refractivity contribution >= 4 is 17.6 Å². The lowest BCUT2D eigenvalue weighted by Crippen LogP contribution is -2.09. The molecule has 0 saturated heterocycles. The van der Waals surface area contributed by atoms with Gasteiger partial charge in [-0.1, -0.05) is 11.6 Å². The Bertz CT molecular complexity index is 850. The monoisotopic (exact) mass is 347 g/mol. The van der Waals surface area contributed by atoms with Crippen LogP contribution in [0.5, 0.6) is 0 Å². The Balaban J connectivity index is 1.71. The molecule has 122 valence electrons. The summed E-state index contributed by atoms with van der Waals surface area (Å²) in [5.41, 5.74) is 0.820. The molecule has 3 rings (SSSR count). The number of aromatic nitrogens is 3. The van der Waals surface area contributed by atoms with E-state index in [1.807, 2.05) is 0 Å². The van der Waals surface area contributed by atoms with E-state index in [1.165, 1.54) is 42.6 Å². The van der Waals surface area contributed by atoms with E-state index < -0.39 is 12.1 Å². The summed E-state index contributed by atoms with van der Waals surface area (Å²) >= 11 is 5.67. The van der Waals surface area contributed by atoms with Gasteiger partial charge < -0.3 is 9.15 Å². The lowest BCUT2D eigenvalue weighted by Gasteiger charge is -2.09. The maximum atomic E-state index is 12.9. The molecule has 1 aromatic carbocycles. The van der Waals surface area contributed by atoms with Gasteiger partial charge in [0.15, 0.2) is 6.10 Å². The van der Waals surface area contributed by atoms with Crippen molar-refractivity contribution in [3.8, 4) is 11.5 Å². The van der Waals surface area contributed by atoms with E-state index >= 15 is 0 Å². The average molecular weight is 348 g/mol. The third kappa shape index (κ3) is 3.57. The summed E-state index contributed by atoms with van der Waals surface area (Å²) in [5, 5.41) is 8.00. The van der Waals surface area contributed by atoms with Crippen LogP contribution in [-0.2, 0) is 4.74 Å². The van der Waals surface area contributed by atoms with Crippen LogP contribution in [0.2, 0.25) is 5.15 Å². The number of hydrogen-bond donors (Lipinski definition) is 0. The Hall–Kier alpha value is -2.80. The molecule has 0 bridgehead atoms. The van der Waals surface area contributed by atoms with E-state index in [9.17, 15) is 9.18 Å². The maximum absolute atomic E-state index is 12.9. The molecular weight excluding hydrogens is 337 g/mol. The number of ether oxygens (including phenoxy) is 1. The molecule has 6 nitrogen and oxygen atoms in total. The number of carbonyl (C=O) groups excluding carboxylic acids is 1. The largest absolute Gasteiger partial charge is 0.449 e. The van der Waals surface area contributed by atoms with Gasteiger partial charge in [0.25, 0.3) is 5.89 Å². The Kier molecular flexibility index (Phi) is 4.52. The Labute approximate surface area is 141 Å². The first-order valence-corrected chi connectivity index (χ1v) is 7.32. The predicted molar refractivity (Wildman–Crippen MR) is 82.8 cm³/mol. The quantitative estimate of drug-likeness (QED) is 0.527. The summed E-state index contributed by atoms with van der Waals surface area (Å²) in [6.07, 6.45) is 0.560. The average Bonchev–Trinajstić information content (AvgIpc) is 3.06. The van der Waals surface area contributed by atoms with Gasteiger partial charge in [-0.05, 0) is 43.3 Å². The van der Waals surface area contributed by atoms with Gasteiger partial charge in [0, 0.05) is 11.8 Å². The van der Waals surface area contributed by atoms with Gasteiger partial charge in [0.2, 0.25) is 5.89 Å². The smallest absolute Gasteiger partial charge is 0.340 e. The second-order valence-corrected chi connectivity index (χ2v) is 5.26. The first-order chi connectivity index (χ1) is 11.5.